The van der Waals surface area contributed by atoms with Crippen molar-refractivity contribution in [1.82, 2.24) is 10.0 Å². The first-order valence-electron chi connectivity index (χ1n) is 9.14. The van der Waals surface area contributed by atoms with E-state index in [4.69, 9.17) is 0 Å². The van der Waals surface area contributed by atoms with Crippen LogP contribution in [0.15, 0.2) is 47.4 Å². The average molecular weight is 454 g/mol. The molecule has 0 bridgehead atoms. The Morgan fingerprint density at radius 1 is 0.967 bits per heavy atom. The molecule has 10 heteroatoms. The van der Waals surface area contributed by atoms with Crippen molar-refractivity contribution >= 4 is 39.3 Å². The topological polar surface area (TPSA) is 104 Å². The van der Waals surface area contributed by atoms with Gasteiger partial charge >= 0.3 is 0 Å². The molecule has 0 unspecified atom stereocenters. The standard InChI is InChI=1S/C20H24FN3O4S2/c1-14-3-4-15(2)18(11-14)30(27,28)23-10-9-22-19(25)12-29-13-20(26)24-17-7-5-16(21)6-8-17/h3-8,11,23H,9-10,12-13H2,1-2H3,(H,22,25)(H,24,26). The van der Waals surface area contributed by atoms with Crippen LogP contribution in [0.25, 0.3) is 0 Å². The summed E-state index contributed by atoms with van der Waals surface area (Å²) in [6.45, 7) is 3.72. The second kappa shape index (κ2) is 11.1. The number of rotatable bonds is 10. The molecule has 0 aliphatic carbocycles. The molecule has 0 saturated heterocycles. The number of nitrogens with one attached hydrogen (secondary N) is 3. The Morgan fingerprint density at radius 2 is 1.63 bits per heavy atom. The minimum atomic E-state index is -3.65. The molecule has 0 radical (unpaired) electrons. The van der Waals surface area contributed by atoms with Crippen molar-refractivity contribution in [2.75, 3.05) is 29.9 Å². The molecule has 0 fully saturated rings. The second-order valence-electron chi connectivity index (χ2n) is 6.56. The van der Waals surface area contributed by atoms with Gasteiger partial charge in [0.25, 0.3) is 0 Å². The molecule has 0 spiro atoms. The number of amides is 2. The predicted molar refractivity (Wildman–Crippen MR) is 116 cm³/mol. The molecule has 162 valence electrons. The van der Waals surface area contributed by atoms with Crippen LogP contribution in [-0.4, -0.2) is 44.8 Å². The molecular formula is C20H24FN3O4S2. The second-order valence-corrected chi connectivity index (χ2v) is 9.29. The van der Waals surface area contributed by atoms with Gasteiger partial charge in [-0.05, 0) is 55.3 Å². The van der Waals surface area contributed by atoms with Gasteiger partial charge in [0.15, 0.2) is 0 Å². The number of anilines is 1. The van der Waals surface area contributed by atoms with Gasteiger partial charge < -0.3 is 10.6 Å². The van der Waals surface area contributed by atoms with E-state index in [1.54, 1.807) is 19.1 Å². The molecule has 0 aliphatic rings. The number of carbonyl (C=O) groups is 2. The molecule has 0 heterocycles. The highest BCUT2D eigenvalue weighted by molar-refractivity contribution is 8.00. The lowest BCUT2D eigenvalue weighted by molar-refractivity contribution is -0.118. The summed E-state index contributed by atoms with van der Waals surface area (Å²) in [5.41, 5.74) is 1.96. The molecular weight excluding hydrogens is 429 g/mol. The van der Waals surface area contributed by atoms with E-state index < -0.39 is 15.8 Å². The van der Waals surface area contributed by atoms with Crippen molar-refractivity contribution in [3.63, 3.8) is 0 Å². The third-order valence-electron chi connectivity index (χ3n) is 3.97. The van der Waals surface area contributed by atoms with Crippen molar-refractivity contribution in [3.05, 3.63) is 59.4 Å². The maximum Gasteiger partial charge on any atom is 0.240 e. The highest BCUT2D eigenvalue weighted by Gasteiger charge is 2.16. The zero-order chi connectivity index (χ0) is 22.1. The van der Waals surface area contributed by atoms with Crippen LogP contribution in [0.5, 0.6) is 0 Å². The normalized spacial score (nSPS) is 11.2. The molecule has 2 aromatic carbocycles. The molecule has 2 rings (SSSR count). The molecule has 2 aromatic rings. The number of aryl methyl sites for hydroxylation is 2. The Labute approximate surface area is 179 Å². The molecule has 7 nitrogen and oxygen atoms in total. The van der Waals surface area contributed by atoms with E-state index in [1.165, 1.54) is 24.3 Å². The predicted octanol–water partition coefficient (Wildman–Crippen LogP) is 2.21. The minimum absolute atomic E-state index is 0.0528. The zero-order valence-corrected chi connectivity index (χ0v) is 18.3. The van der Waals surface area contributed by atoms with Crippen LogP contribution in [-0.2, 0) is 19.6 Å². The third-order valence-corrected chi connectivity index (χ3v) is 6.50. The molecule has 2 amide bonds. The van der Waals surface area contributed by atoms with Gasteiger partial charge in [-0.3, -0.25) is 9.59 Å². The lowest BCUT2D eigenvalue weighted by Crippen LogP contribution is -2.35. The van der Waals surface area contributed by atoms with E-state index in [-0.39, 0.29) is 41.3 Å². The Bertz CT molecular complexity index is 996. The van der Waals surface area contributed by atoms with Crippen molar-refractivity contribution in [2.24, 2.45) is 0 Å². The number of halogens is 1. The fourth-order valence-electron chi connectivity index (χ4n) is 2.48. The Hall–Kier alpha value is -2.43. The number of hydrogen-bond acceptors (Lipinski definition) is 5. The van der Waals surface area contributed by atoms with Gasteiger partial charge in [0.05, 0.1) is 16.4 Å². The van der Waals surface area contributed by atoms with Crippen LogP contribution in [0, 0.1) is 19.7 Å². The zero-order valence-electron chi connectivity index (χ0n) is 16.7. The first kappa shape index (κ1) is 23.8. The SMILES string of the molecule is Cc1ccc(C)c(S(=O)(=O)NCCNC(=O)CSCC(=O)Nc2ccc(F)cc2)c1. The summed E-state index contributed by atoms with van der Waals surface area (Å²) in [5, 5.41) is 5.20. The summed E-state index contributed by atoms with van der Waals surface area (Å²) in [7, 11) is -3.65. The van der Waals surface area contributed by atoms with Crippen LogP contribution in [0.3, 0.4) is 0 Å². The van der Waals surface area contributed by atoms with Crippen LogP contribution in [0.1, 0.15) is 11.1 Å². The number of thioether (sulfide) groups is 1. The lowest BCUT2D eigenvalue weighted by atomic mass is 10.2. The van der Waals surface area contributed by atoms with Crippen LogP contribution in [0.4, 0.5) is 10.1 Å². The van der Waals surface area contributed by atoms with Crippen LogP contribution >= 0.6 is 11.8 Å². The quantitative estimate of drug-likeness (QED) is 0.479. The van der Waals surface area contributed by atoms with Crippen LogP contribution in [0.2, 0.25) is 0 Å². The number of hydrogen-bond donors (Lipinski definition) is 3. The van der Waals surface area contributed by atoms with E-state index in [1.807, 2.05) is 13.0 Å². The minimum Gasteiger partial charge on any atom is -0.354 e. The summed E-state index contributed by atoms with van der Waals surface area (Å²) in [6, 6.07) is 10.6. The first-order valence-corrected chi connectivity index (χ1v) is 11.8. The molecule has 0 aliphatic heterocycles. The molecule has 0 saturated carbocycles. The summed E-state index contributed by atoms with van der Waals surface area (Å²) >= 11 is 1.12. The van der Waals surface area contributed by atoms with E-state index in [0.717, 1.165) is 17.3 Å². The summed E-state index contributed by atoms with van der Waals surface area (Å²) in [4.78, 5) is 23.9. The Morgan fingerprint density at radius 3 is 2.33 bits per heavy atom. The Balaban J connectivity index is 1.65. The van der Waals surface area contributed by atoms with Crippen molar-refractivity contribution < 1.29 is 22.4 Å². The van der Waals surface area contributed by atoms with Gasteiger partial charge in [-0.25, -0.2) is 17.5 Å². The van der Waals surface area contributed by atoms with Gasteiger partial charge in [0.1, 0.15) is 5.82 Å². The summed E-state index contributed by atoms with van der Waals surface area (Å²) < 4.78 is 40.0. The van der Waals surface area contributed by atoms with E-state index in [2.05, 4.69) is 15.4 Å². The highest BCUT2D eigenvalue weighted by atomic mass is 32.2. The van der Waals surface area contributed by atoms with Gasteiger partial charge in [-0.2, -0.15) is 0 Å². The number of benzene rings is 2. The van der Waals surface area contributed by atoms with Gasteiger partial charge in [0.2, 0.25) is 21.8 Å². The molecule has 0 aromatic heterocycles. The van der Waals surface area contributed by atoms with Crippen LogP contribution < -0.4 is 15.4 Å². The first-order chi connectivity index (χ1) is 14.2. The van der Waals surface area contributed by atoms with Crippen molar-refractivity contribution in [1.29, 1.82) is 0 Å². The fraction of sp³-hybridized carbons (Fsp3) is 0.300. The van der Waals surface area contributed by atoms with Gasteiger partial charge in [0, 0.05) is 18.8 Å². The van der Waals surface area contributed by atoms with E-state index in [0.29, 0.717) is 11.3 Å². The largest absolute Gasteiger partial charge is 0.354 e. The molecule has 3 N–H and O–H groups in total. The van der Waals surface area contributed by atoms with E-state index in [9.17, 15) is 22.4 Å². The van der Waals surface area contributed by atoms with Gasteiger partial charge in [-0.1, -0.05) is 12.1 Å². The highest BCUT2D eigenvalue weighted by Crippen LogP contribution is 2.16. The number of sulfonamides is 1. The Kier molecular flexibility index (Phi) is 8.82. The fourth-order valence-corrected chi connectivity index (χ4v) is 4.49. The van der Waals surface area contributed by atoms with E-state index >= 15 is 0 Å². The lowest BCUT2D eigenvalue weighted by Gasteiger charge is -2.11. The maximum atomic E-state index is 12.8. The number of carbonyl (C=O) groups excluding carboxylic acids is 2. The smallest absolute Gasteiger partial charge is 0.240 e. The van der Waals surface area contributed by atoms with Crippen molar-refractivity contribution in [3.8, 4) is 0 Å². The average Bonchev–Trinajstić information content (AvgIpc) is 2.69. The monoisotopic (exact) mass is 453 g/mol. The van der Waals surface area contributed by atoms with Crippen molar-refractivity contribution in [2.45, 2.75) is 18.7 Å². The summed E-state index contributed by atoms with van der Waals surface area (Å²) in [6.07, 6.45) is 0. The molecule has 0 atom stereocenters. The maximum absolute atomic E-state index is 12.8. The molecule has 30 heavy (non-hydrogen) atoms. The van der Waals surface area contributed by atoms with Gasteiger partial charge in [-0.15, -0.1) is 11.8 Å². The summed E-state index contributed by atoms with van der Waals surface area (Å²) in [5.74, 6) is -0.887. The third kappa shape index (κ3) is 7.77.